The molecule has 1 aromatic heterocycles. The van der Waals surface area contributed by atoms with E-state index in [1.807, 2.05) is 0 Å². The summed E-state index contributed by atoms with van der Waals surface area (Å²) in [5.41, 5.74) is 6.24. The molecular formula is C14H21N3O2. The third-order valence-corrected chi connectivity index (χ3v) is 3.64. The minimum Gasteiger partial charge on any atom is -0.462 e. The lowest BCUT2D eigenvalue weighted by atomic mass is 9.97. The van der Waals surface area contributed by atoms with Crippen molar-refractivity contribution in [3.8, 4) is 0 Å². The molecule has 5 heteroatoms. The number of anilines is 1. The number of carbonyl (C=O) groups is 1. The van der Waals surface area contributed by atoms with Crippen LogP contribution in [0, 0.1) is 0 Å². The first-order chi connectivity index (χ1) is 9.21. The van der Waals surface area contributed by atoms with Crippen LogP contribution in [0.2, 0.25) is 0 Å². The predicted octanol–water partition coefficient (Wildman–Crippen LogP) is 1.94. The lowest BCUT2D eigenvalue weighted by molar-refractivity contribution is 0.0527. The van der Waals surface area contributed by atoms with E-state index in [-0.39, 0.29) is 11.5 Å². The Bertz CT molecular complexity index is 442. The average molecular weight is 263 g/mol. The lowest BCUT2D eigenvalue weighted by Crippen LogP contribution is -2.43. The SMILES string of the molecule is CCOC(=O)c1cccnc1NC1(CN)CCCC1. The monoisotopic (exact) mass is 263 g/mol. The van der Waals surface area contributed by atoms with E-state index < -0.39 is 0 Å². The molecule has 0 saturated heterocycles. The molecular weight excluding hydrogens is 242 g/mol. The second-order valence-electron chi connectivity index (χ2n) is 4.94. The first-order valence-electron chi connectivity index (χ1n) is 6.81. The van der Waals surface area contributed by atoms with Crippen LogP contribution in [0.5, 0.6) is 0 Å². The zero-order chi connectivity index (χ0) is 13.7. The first kappa shape index (κ1) is 13.8. The van der Waals surface area contributed by atoms with Crippen LogP contribution in [-0.4, -0.2) is 29.6 Å². The maximum absolute atomic E-state index is 11.9. The fourth-order valence-corrected chi connectivity index (χ4v) is 2.56. The summed E-state index contributed by atoms with van der Waals surface area (Å²) in [7, 11) is 0. The number of aromatic nitrogens is 1. The molecule has 0 bridgehead atoms. The van der Waals surface area contributed by atoms with Crippen LogP contribution < -0.4 is 11.1 Å². The highest BCUT2D eigenvalue weighted by Crippen LogP contribution is 2.32. The predicted molar refractivity (Wildman–Crippen MR) is 74.1 cm³/mol. The van der Waals surface area contributed by atoms with Crippen molar-refractivity contribution in [1.82, 2.24) is 4.98 Å². The number of hydrogen-bond acceptors (Lipinski definition) is 5. The number of rotatable bonds is 5. The van der Waals surface area contributed by atoms with E-state index in [0.29, 0.717) is 24.5 Å². The van der Waals surface area contributed by atoms with Gasteiger partial charge < -0.3 is 15.8 Å². The highest BCUT2D eigenvalue weighted by Gasteiger charge is 2.33. The summed E-state index contributed by atoms with van der Waals surface area (Å²) in [4.78, 5) is 16.2. The Labute approximate surface area is 113 Å². The molecule has 1 aromatic rings. The normalized spacial score (nSPS) is 17.2. The van der Waals surface area contributed by atoms with Crippen LogP contribution in [0.1, 0.15) is 43.0 Å². The van der Waals surface area contributed by atoms with Crippen LogP contribution in [0.4, 0.5) is 5.82 Å². The van der Waals surface area contributed by atoms with Crippen molar-refractivity contribution in [1.29, 1.82) is 0 Å². The van der Waals surface area contributed by atoms with Crippen molar-refractivity contribution in [2.24, 2.45) is 5.73 Å². The van der Waals surface area contributed by atoms with E-state index in [2.05, 4.69) is 10.3 Å². The topological polar surface area (TPSA) is 77.2 Å². The van der Waals surface area contributed by atoms with Crippen molar-refractivity contribution in [3.05, 3.63) is 23.9 Å². The molecule has 1 heterocycles. The molecule has 1 aliphatic carbocycles. The van der Waals surface area contributed by atoms with Crippen molar-refractivity contribution >= 4 is 11.8 Å². The van der Waals surface area contributed by atoms with Gasteiger partial charge in [-0.3, -0.25) is 0 Å². The molecule has 104 valence electrons. The van der Waals surface area contributed by atoms with E-state index in [1.165, 1.54) is 0 Å². The van der Waals surface area contributed by atoms with Gasteiger partial charge in [-0.25, -0.2) is 9.78 Å². The molecule has 0 aromatic carbocycles. The summed E-state index contributed by atoms with van der Waals surface area (Å²) < 4.78 is 5.05. The van der Waals surface area contributed by atoms with Gasteiger partial charge in [-0.05, 0) is 31.9 Å². The Kier molecular flexibility index (Phi) is 4.37. The molecule has 5 nitrogen and oxygen atoms in total. The molecule has 0 aliphatic heterocycles. The third-order valence-electron chi connectivity index (χ3n) is 3.64. The zero-order valence-corrected chi connectivity index (χ0v) is 11.3. The van der Waals surface area contributed by atoms with Gasteiger partial charge in [0, 0.05) is 12.7 Å². The Morgan fingerprint density at radius 2 is 2.26 bits per heavy atom. The van der Waals surface area contributed by atoms with E-state index in [1.54, 1.807) is 25.3 Å². The first-order valence-corrected chi connectivity index (χ1v) is 6.81. The third kappa shape index (κ3) is 3.04. The van der Waals surface area contributed by atoms with Gasteiger partial charge in [0.25, 0.3) is 0 Å². The summed E-state index contributed by atoms with van der Waals surface area (Å²) in [6.07, 6.45) is 6.02. The van der Waals surface area contributed by atoms with Gasteiger partial charge in [0.2, 0.25) is 0 Å². The molecule has 2 rings (SSSR count). The van der Waals surface area contributed by atoms with Gasteiger partial charge in [-0.15, -0.1) is 0 Å². The second-order valence-corrected chi connectivity index (χ2v) is 4.94. The zero-order valence-electron chi connectivity index (χ0n) is 11.3. The molecule has 19 heavy (non-hydrogen) atoms. The summed E-state index contributed by atoms with van der Waals surface area (Å²) in [6, 6.07) is 3.47. The Morgan fingerprint density at radius 1 is 1.53 bits per heavy atom. The highest BCUT2D eigenvalue weighted by atomic mass is 16.5. The van der Waals surface area contributed by atoms with Crippen molar-refractivity contribution in [2.75, 3.05) is 18.5 Å². The number of hydrogen-bond donors (Lipinski definition) is 2. The Balaban J connectivity index is 2.22. The van der Waals surface area contributed by atoms with Gasteiger partial charge >= 0.3 is 5.97 Å². The molecule has 1 aliphatic rings. The minimum absolute atomic E-state index is 0.129. The summed E-state index contributed by atoms with van der Waals surface area (Å²) in [6.45, 7) is 2.70. The molecule has 1 fully saturated rings. The standard InChI is InChI=1S/C14H21N3O2/c1-2-19-13(18)11-6-5-9-16-12(11)17-14(10-15)7-3-4-8-14/h5-6,9H,2-4,7-8,10,15H2,1H3,(H,16,17). The largest absolute Gasteiger partial charge is 0.462 e. The lowest BCUT2D eigenvalue weighted by Gasteiger charge is -2.30. The molecule has 3 N–H and O–H groups in total. The van der Waals surface area contributed by atoms with E-state index in [9.17, 15) is 4.79 Å². The maximum atomic E-state index is 11.9. The summed E-state index contributed by atoms with van der Waals surface area (Å²) >= 11 is 0. The molecule has 0 atom stereocenters. The van der Waals surface area contributed by atoms with E-state index in [0.717, 1.165) is 25.7 Å². The van der Waals surface area contributed by atoms with Gasteiger partial charge in [0.1, 0.15) is 11.4 Å². The number of ether oxygens (including phenoxy) is 1. The molecule has 0 radical (unpaired) electrons. The van der Waals surface area contributed by atoms with E-state index in [4.69, 9.17) is 10.5 Å². The number of nitrogens with one attached hydrogen (secondary N) is 1. The smallest absolute Gasteiger partial charge is 0.341 e. The number of nitrogens with zero attached hydrogens (tertiary/aromatic N) is 1. The van der Waals surface area contributed by atoms with Crippen LogP contribution in [0.15, 0.2) is 18.3 Å². The van der Waals surface area contributed by atoms with Crippen LogP contribution in [-0.2, 0) is 4.74 Å². The van der Waals surface area contributed by atoms with E-state index >= 15 is 0 Å². The van der Waals surface area contributed by atoms with Crippen molar-refractivity contribution in [2.45, 2.75) is 38.1 Å². The second kappa shape index (κ2) is 6.02. The van der Waals surface area contributed by atoms with Crippen LogP contribution in [0.3, 0.4) is 0 Å². The quantitative estimate of drug-likeness (QED) is 0.794. The molecule has 0 amide bonds. The Morgan fingerprint density at radius 3 is 2.89 bits per heavy atom. The van der Waals surface area contributed by atoms with Crippen LogP contribution in [0.25, 0.3) is 0 Å². The van der Waals surface area contributed by atoms with Gasteiger partial charge in [-0.1, -0.05) is 12.8 Å². The number of pyridine rings is 1. The van der Waals surface area contributed by atoms with Crippen molar-refractivity contribution in [3.63, 3.8) is 0 Å². The average Bonchev–Trinajstić information content (AvgIpc) is 2.89. The molecule has 0 spiro atoms. The van der Waals surface area contributed by atoms with Gasteiger partial charge in [-0.2, -0.15) is 0 Å². The molecule has 1 saturated carbocycles. The fraction of sp³-hybridized carbons (Fsp3) is 0.571. The van der Waals surface area contributed by atoms with Crippen molar-refractivity contribution < 1.29 is 9.53 Å². The highest BCUT2D eigenvalue weighted by molar-refractivity contribution is 5.94. The fourth-order valence-electron chi connectivity index (χ4n) is 2.56. The Hall–Kier alpha value is -1.62. The van der Waals surface area contributed by atoms with Gasteiger partial charge in [0.15, 0.2) is 0 Å². The van der Waals surface area contributed by atoms with Crippen LogP contribution >= 0.6 is 0 Å². The number of carbonyl (C=O) groups excluding carboxylic acids is 1. The maximum Gasteiger partial charge on any atom is 0.341 e. The number of nitrogens with two attached hydrogens (primary N) is 1. The number of esters is 1. The minimum atomic E-state index is -0.344. The summed E-state index contributed by atoms with van der Waals surface area (Å²) in [5.74, 6) is 0.233. The molecule has 0 unspecified atom stereocenters. The summed E-state index contributed by atoms with van der Waals surface area (Å²) in [5, 5.41) is 3.38. The van der Waals surface area contributed by atoms with Gasteiger partial charge in [0.05, 0.1) is 12.1 Å².